The van der Waals surface area contributed by atoms with Crippen molar-refractivity contribution in [3.63, 3.8) is 0 Å². The first-order valence-corrected chi connectivity index (χ1v) is 10.3. The van der Waals surface area contributed by atoms with Gasteiger partial charge in [0.25, 0.3) is 0 Å². The first kappa shape index (κ1) is 22.6. The van der Waals surface area contributed by atoms with Crippen LogP contribution in [-0.2, 0) is 16.0 Å². The molecule has 2 N–H and O–H groups in total. The van der Waals surface area contributed by atoms with Gasteiger partial charge >= 0.3 is 6.09 Å². The number of nitrogens with one attached hydrogen (secondary N) is 2. The first-order chi connectivity index (χ1) is 14.6. The van der Waals surface area contributed by atoms with Crippen LogP contribution < -0.4 is 15.4 Å². The quantitative estimate of drug-likeness (QED) is 0.747. The molecule has 2 aromatic carbocycles. The van der Waals surface area contributed by atoms with Gasteiger partial charge in [-0.3, -0.25) is 4.79 Å². The van der Waals surface area contributed by atoms with Crippen LogP contribution in [0.15, 0.2) is 42.5 Å². The molecule has 7 heteroatoms. The molecule has 1 aliphatic carbocycles. The van der Waals surface area contributed by atoms with E-state index in [-0.39, 0.29) is 11.9 Å². The normalized spacial score (nSPS) is 18.6. The predicted octanol–water partition coefficient (Wildman–Crippen LogP) is 4.24. The predicted molar refractivity (Wildman–Crippen MR) is 116 cm³/mol. The molecule has 1 unspecified atom stereocenters. The highest BCUT2D eigenvalue weighted by Gasteiger charge is 2.36. The highest BCUT2D eigenvalue weighted by Crippen LogP contribution is 2.33. The van der Waals surface area contributed by atoms with Gasteiger partial charge < -0.3 is 20.1 Å². The van der Waals surface area contributed by atoms with Crippen molar-refractivity contribution in [2.75, 3.05) is 7.11 Å². The van der Waals surface area contributed by atoms with E-state index < -0.39 is 29.5 Å². The summed E-state index contributed by atoms with van der Waals surface area (Å²) in [4.78, 5) is 25.5. The smallest absolute Gasteiger partial charge is 0.408 e. The molecular weight excluding hydrogens is 399 g/mol. The van der Waals surface area contributed by atoms with Gasteiger partial charge in [0.05, 0.1) is 25.1 Å². The summed E-state index contributed by atoms with van der Waals surface area (Å²) in [5.41, 5.74) is 1.97. The number of benzene rings is 2. The number of hydrogen-bond acceptors (Lipinski definition) is 4. The van der Waals surface area contributed by atoms with E-state index in [1.54, 1.807) is 33.8 Å². The van der Waals surface area contributed by atoms with Crippen LogP contribution in [0.4, 0.5) is 9.18 Å². The van der Waals surface area contributed by atoms with Gasteiger partial charge in [0.1, 0.15) is 17.2 Å². The second-order valence-electron chi connectivity index (χ2n) is 8.75. The van der Waals surface area contributed by atoms with Crippen molar-refractivity contribution in [1.82, 2.24) is 10.6 Å². The number of hydrogen-bond donors (Lipinski definition) is 2. The van der Waals surface area contributed by atoms with Crippen molar-refractivity contribution in [2.24, 2.45) is 0 Å². The molecule has 3 atom stereocenters. The van der Waals surface area contributed by atoms with Gasteiger partial charge in [-0.05, 0) is 51.3 Å². The molecule has 0 bridgehead atoms. The molecule has 0 aliphatic heterocycles. The van der Waals surface area contributed by atoms with Crippen LogP contribution in [-0.4, -0.2) is 30.8 Å². The Morgan fingerprint density at radius 3 is 2.52 bits per heavy atom. The number of alkyl carbamates (subject to hydrolysis) is 1. The van der Waals surface area contributed by atoms with Crippen LogP contribution in [0, 0.1) is 5.82 Å². The summed E-state index contributed by atoms with van der Waals surface area (Å²) in [7, 11) is 1.44. The van der Waals surface area contributed by atoms with Crippen molar-refractivity contribution < 1.29 is 23.5 Å². The fourth-order valence-corrected chi connectivity index (χ4v) is 3.83. The molecular formula is C24H29FN2O4. The lowest BCUT2D eigenvalue weighted by Gasteiger charge is -2.27. The third-order valence-corrected chi connectivity index (χ3v) is 5.29. The summed E-state index contributed by atoms with van der Waals surface area (Å²) in [5.74, 6) is -0.915. The van der Waals surface area contributed by atoms with Gasteiger partial charge in [-0.15, -0.1) is 0 Å². The fourth-order valence-electron chi connectivity index (χ4n) is 3.83. The van der Waals surface area contributed by atoms with E-state index in [0.717, 1.165) is 11.1 Å². The zero-order valence-electron chi connectivity index (χ0n) is 18.5. The van der Waals surface area contributed by atoms with Crippen LogP contribution in [0.5, 0.6) is 5.75 Å². The van der Waals surface area contributed by atoms with E-state index in [4.69, 9.17) is 9.47 Å². The number of ether oxygens (including phenoxy) is 2. The zero-order valence-corrected chi connectivity index (χ0v) is 18.5. The Labute approximate surface area is 182 Å². The minimum absolute atomic E-state index is 0.237. The van der Waals surface area contributed by atoms with Gasteiger partial charge in [0, 0.05) is 11.6 Å². The summed E-state index contributed by atoms with van der Waals surface area (Å²) in [6.07, 6.45) is 0.0389. The molecule has 0 spiro atoms. The number of fused-ring (bicyclic) bond motifs is 1. The van der Waals surface area contributed by atoms with Crippen molar-refractivity contribution in [1.29, 1.82) is 0 Å². The largest absolute Gasteiger partial charge is 0.496 e. The Balaban J connectivity index is 1.79. The number of halogens is 1. The molecule has 0 radical (unpaired) electrons. The third-order valence-electron chi connectivity index (χ3n) is 5.29. The maximum atomic E-state index is 13.5. The van der Waals surface area contributed by atoms with E-state index in [2.05, 4.69) is 10.6 Å². The average molecular weight is 429 g/mol. The van der Waals surface area contributed by atoms with Gasteiger partial charge in [0.15, 0.2) is 0 Å². The highest BCUT2D eigenvalue weighted by molar-refractivity contribution is 5.84. The SMILES string of the molecule is COc1cc(F)ccc1C(C)C(=O)N[C@H]1Cc2ccccc2[C@@H]1NC(=O)OC(C)(C)C. The molecule has 0 aromatic heterocycles. The molecule has 6 nitrogen and oxygen atoms in total. The second-order valence-corrected chi connectivity index (χ2v) is 8.75. The summed E-state index contributed by atoms with van der Waals surface area (Å²) in [6, 6.07) is 11.1. The van der Waals surface area contributed by atoms with E-state index >= 15 is 0 Å². The molecule has 3 rings (SSSR count). The number of rotatable bonds is 5. The number of carbonyl (C=O) groups is 2. The lowest BCUT2D eigenvalue weighted by atomic mass is 9.98. The average Bonchev–Trinajstić information content (AvgIpc) is 3.02. The van der Waals surface area contributed by atoms with Crippen LogP contribution >= 0.6 is 0 Å². The standard InChI is InChI=1S/C24H29FN2O4/c1-14(17-11-10-16(25)13-20(17)30-5)22(28)26-19-12-15-8-6-7-9-18(15)21(19)27-23(29)31-24(2,3)4/h6-11,13-14,19,21H,12H2,1-5H3,(H,26,28)(H,27,29)/t14?,19-,21-/m0/s1. The monoisotopic (exact) mass is 428 g/mol. The zero-order chi connectivity index (χ0) is 22.8. The first-order valence-electron chi connectivity index (χ1n) is 10.3. The molecule has 0 saturated carbocycles. The van der Waals surface area contributed by atoms with Gasteiger partial charge in [0.2, 0.25) is 5.91 Å². The van der Waals surface area contributed by atoms with Crippen LogP contribution in [0.3, 0.4) is 0 Å². The van der Waals surface area contributed by atoms with Gasteiger partial charge in [-0.2, -0.15) is 0 Å². The minimum Gasteiger partial charge on any atom is -0.496 e. The minimum atomic E-state index is -0.630. The molecule has 0 fully saturated rings. The summed E-state index contributed by atoms with van der Waals surface area (Å²) >= 11 is 0. The second kappa shape index (κ2) is 8.96. The fraction of sp³-hybridized carbons (Fsp3) is 0.417. The van der Waals surface area contributed by atoms with Crippen molar-refractivity contribution in [3.05, 3.63) is 65.0 Å². The van der Waals surface area contributed by atoms with Crippen LogP contribution in [0.25, 0.3) is 0 Å². The van der Waals surface area contributed by atoms with Crippen LogP contribution in [0.2, 0.25) is 0 Å². The molecule has 0 saturated heterocycles. The maximum absolute atomic E-state index is 13.5. The highest BCUT2D eigenvalue weighted by atomic mass is 19.1. The summed E-state index contributed by atoms with van der Waals surface area (Å²) in [5, 5.41) is 5.96. The lowest BCUT2D eigenvalue weighted by Crippen LogP contribution is -2.46. The van der Waals surface area contributed by atoms with E-state index in [1.807, 2.05) is 24.3 Å². The van der Waals surface area contributed by atoms with Gasteiger partial charge in [-0.1, -0.05) is 30.3 Å². The molecule has 2 amide bonds. The van der Waals surface area contributed by atoms with E-state index in [1.165, 1.54) is 19.2 Å². The van der Waals surface area contributed by atoms with E-state index in [9.17, 15) is 14.0 Å². The summed E-state index contributed by atoms with van der Waals surface area (Å²) in [6.45, 7) is 7.13. The molecule has 1 aliphatic rings. The van der Waals surface area contributed by atoms with Crippen LogP contribution in [0.1, 0.15) is 56.3 Å². The molecule has 166 valence electrons. The molecule has 0 heterocycles. The Bertz CT molecular complexity index is 970. The number of amides is 2. The topological polar surface area (TPSA) is 76.7 Å². The Morgan fingerprint density at radius 2 is 1.84 bits per heavy atom. The summed E-state index contributed by atoms with van der Waals surface area (Å²) < 4.78 is 24.2. The Morgan fingerprint density at radius 1 is 1.13 bits per heavy atom. The van der Waals surface area contributed by atoms with Crippen molar-refractivity contribution in [2.45, 2.75) is 57.7 Å². The third kappa shape index (κ3) is 5.34. The van der Waals surface area contributed by atoms with Crippen molar-refractivity contribution >= 4 is 12.0 Å². The number of carbonyl (C=O) groups excluding carboxylic acids is 2. The Hall–Kier alpha value is -3.09. The molecule has 2 aromatic rings. The maximum Gasteiger partial charge on any atom is 0.408 e. The van der Waals surface area contributed by atoms with E-state index in [0.29, 0.717) is 17.7 Å². The van der Waals surface area contributed by atoms with Crippen molar-refractivity contribution in [3.8, 4) is 5.75 Å². The molecule has 31 heavy (non-hydrogen) atoms. The number of methoxy groups -OCH3 is 1. The lowest BCUT2D eigenvalue weighted by molar-refractivity contribution is -0.123. The van der Waals surface area contributed by atoms with Gasteiger partial charge in [-0.25, -0.2) is 9.18 Å². The Kier molecular flexibility index (Phi) is 6.53.